The fourth-order valence-corrected chi connectivity index (χ4v) is 7.90. The van der Waals surface area contributed by atoms with E-state index in [0.29, 0.717) is 5.69 Å². The van der Waals surface area contributed by atoms with Crippen molar-refractivity contribution >= 4 is 89.9 Å². The number of rotatable bonds is 2. The number of benzene rings is 7. The van der Waals surface area contributed by atoms with Crippen LogP contribution >= 0.6 is 0 Å². The second kappa shape index (κ2) is 9.60. The summed E-state index contributed by atoms with van der Waals surface area (Å²) in [6.45, 7) is 3.95. The maximum Gasteiger partial charge on any atom is 0.252 e. The summed E-state index contributed by atoms with van der Waals surface area (Å²) in [6, 6.07) is 46.5. The van der Waals surface area contributed by atoms with Crippen LogP contribution < -0.4 is 26.2 Å². The number of hydrogen-bond donors (Lipinski definition) is 0. The lowest BCUT2D eigenvalue weighted by Gasteiger charge is -2.44. The molecule has 5 heteroatoms. The van der Waals surface area contributed by atoms with Crippen LogP contribution in [0.2, 0.25) is 0 Å². The quantitative estimate of drug-likeness (QED) is 0.183. The highest BCUT2D eigenvalue weighted by atomic mass is 19.1. The molecule has 7 aromatic carbocycles. The van der Waals surface area contributed by atoms with Crippen molar-refractivity contribution in [1.82, 2.24) is 0 Å². The van der Waals surface area contributed by atoms with Crippen LogP contribution in [-0.4, -0.2) is 6.71 Å². The predicted molar refractivity (Wildman–Crippen MR) is 195 cm³/mol. The van der Waals surface area contributed by atoms with Gasteiger partial charge in [0.25, 0.3) is 6.71 Å². The number of fused-ring (bicyclic) bond motifs is 9. The first kappa shape index (κ1) is 26.4. The van der Waals surface area contributed by atoms with E-state index in [1.807, 2.05) is 37.3 Å². The highest BCUT2D eigenvalue weighted by Gasteiger charge is 2.44. The van der Waals surface area contributed by atoms with Crippen molar-refractivity contribution in [3.63, 3.8) is 0 Å². The van der Waals surface area contributed by atoms with Gasteiger partial charge < -0.3 is 14.2 Å². The second-order valence-corrected chi connectivity index (χ2v) is 12.8. The van der Waals surface area contributed by atoms with Crippen molar-refractivity contribution in [1.29, 1.82) is 0 Å². The standard InChI is InChI=1S/C42H28BFN2O/c1-25-14-17-29(18-15-25)45-36-11-7-12-37-40(36)43(33-23-27-8-3-4-9-28(27)24-38(33)45)32-20-19-31-30-10-5-6-13-39(30)47-42(31)41(32)46(37)35-21-16-26(2)22-34(35)44/h3-24H,1-2H3. The molecule has 0 saturated heterocycles. The van der Waals surface area contributed by atoms with Crippen LogP contribution in [0, 0.1) is 19.7 Å². The fourth-order valence-electron chi connectivity index (χ4n) is 7.90. The number of hydrogen-bond acceptors (Lipinski definition) is 3. The Morgan fingerprint density at radius 1 is 0.553 bits per heavy atom. The normalized spacial score (nSPS) is 13.3. The Hall–Kier alpha value is -5.81. The minimum absolute atomic E-state index is 0.0973. The highest BCUT2D eigenvalue weighted by molar-refractivity contribution is 7.00. The van der Waals surface area contributed by atoms with E-state index in [2.05, 4.69) is 114 Å². The summed E-state index contributed by atoms with van der Waals surface area (Å²) in [5.74, 6) is -0.266. The lowest BCUT2D eigenvalue weighted by molar-refractivity contribution is 0.627. The number of halogens is 1. The fraction of sp³-hybridized carbons (Fsp3) is 0.0476. The summed E-state index contributed by atoms with van der Waals surface area (Å²) in [4.78, 5) is 4.48. The monoisotopic (exact) mass is 606 g/mol. The molecular formula is C42H28BFN2O. The van der Waals surface area contributed by atoms with E-state index in [9.17, 15) is 0 Å². The van der Waals surface area contributed by atoms with Gasteiger partial charge in [0.1, 0.15) is 11.4 Å². The van der Waals surface area contributed by atoms with Gasteiger partial charge in [0.05, 0.1) is 11.4 Å². The van der Waals surface area contributed by atoms with E-state index >= 15 is 4.39 Å². The Bertz CT molecular complexity index is 2590. The lowest BCUT2D eigenvalue weighted by Crippen LogP contribution is -2.61. The molecular weight excluding hydrogens is 578 g/mol. The minimum atomic E-state index is -0.266. The first-order valence-corrected chi connectivity index (χ1v) is 16.1. The molecule has 0 radical (unpaired) electrons. The van der Waals surface area contributed by atoms with E-state index in [-0.39, 0.29) is 12.5 Å². The van der Waals surface area contributed by atoms with Gasteiger partial charge in [-0.05, 0) is 95.1 Å². The number of nitrogens with zero attached hydrogens (tertiary/aromatic N) is 2. The van der Waals surface area contributed by atoms with Gasteiger partial charge in [-0.3, -0.25) is 0 Å². The molecule has 2 aliphatic heterocycles. The Labute approximate surface area is 272 Å². The number of anilines is 6. The van der Waals surface area contributed by atoms with Crippen LogP contribution in [0.15, 0.2) is 138 Å². The van der Waals surface area contributed by atoms with E-state index in [1.54, 1.807) is 6.07 Å². The SMILES string of the molecule is Cc1ccc(N2c3cc4ccccc4cc3B3c4ccc5c(oc6ccccc65)c4N(c4ccc(C)cc4F)c4cccc2c43)cc1. The first-order valence-electron chi connectivity index (χ1n) is 16.1. The topological polar surface area (TPSA) is 19.6 Å². The number of para-hydroxylation sites is 1. The third-order valence-electron chi connectivity index (χ3n) is 10.0. The maximum absolute atomic E-state index is 16.2. The van der Waals surface area contributed by atoms with E-state index < -0.39 is 0 Å². The van der Waals surface area contributed by atoms with Crippen LogP contribution in [0.1, 0.15) is 11.1 Å². The van der Waals surface area contributed by atoms with Crippen molar-refractivity contribution < 1.29 is 8.81 Å². The maximum atomic E-state index is 16.2. The summed E-state index contributed by atoms with van der Waals surface area (Å²) < 4.78 is 22.9. The molecule has 3 heterocycles. The molecule has 0 N–H and O–H groups in total. The predicted octanol–water partition coefficient (Wildman–Crippen LogP) is 9.58. The van der Waals surface area contributed by atoms with Crippen LogP contribution in [-0.2, 0) is 0 Å². The molecule has 0 bridgehead atoms. The molecule has 0 saturated carbocycles. The highest BCUT2D eigenvalue weighted by Crippen LogP contribution is 2.48. The van der Waals surface area contributed by atoms with Crippen molar-refractivity contribution in [2.24, 2.45) is 0 Å². The molecule has 0 aliphatic carbocycles. The molecule has 222 valence electrons. The summed E-state index contributed by atoms with van der Waals surface area (Å²) >= 11 is 0. The third-order valence-corrected chi connectivity index (χ3v) is 10.0. The Balaban J connectivity index is 1.36. The van der Waals surface area contributed by atoms with Crippen molar-refractivity contribution in [3.05, 3.63) is 150 Å². The molecule has 3 nitrogen and oxygen atoms in total. The van der Waals surface area contributed by atoms with Gasteiger partial charge in [-0.25, -0.2) is 4.39 Å². The zero-order valence-electron chi connectivity index (χ0n) is 26.0. The van der Waals surface area contributed by atoms with Gasteiger partial charge in [0, 0.05) is 33.5 Å². The molecule has 8 aromatic rings. The summed E-state index contributed by atoms with van der Waals surface area (Å²) in [6.07, 6.45) is 0. The van der Waals surface area contributed by atoms with Crippen molar-refractivity contribution in [2.45, 2.75) is 13.8 Å². The van der Waals surface area contributed by atoms with Gasteiger partial charge in [-0.1, -0.05) is 90.5 Å². The Kier molecular flexibility index (Phi) is 5.40. The zero-order chi connectivity index (χ0) is 31.4. The van der Waals surface area contributed by atoms with Crippen LogP contribution in [0.5, 0.6) is 0 Å². The minimum Gasteiger partial charge on any atom is -0.454 e. The second-order valence-electron chi connectivity index (χ2n) is 12.8. The van der Waals surface area contributed by atoms with Gasteiger partial charge in [-0.2, -0.15) is 0 Å². The molecule has 47 heavy (non-hydrogen) atoms. The van der Waals surface area contributed by atoms with Gasteiger partial charge in [-0.15, -0.1) is 0 Å². The van der Waals surface area contributed by atoms with Gasteiger partial charge in [0.2, 0.25) is 0 Å². The summed E-state index contributed by atoms with van der Waals surface area (Å²) in [5.41, 5.74) is 12.8. The van der Waals surface area contributed by atoms with E-state index in [0.717, 1.165) is 66.9 Å². The lowest BCUT2D eigenvalue weighted by atomic mass is 9.33. The largest absolute Gasteiger partial charge is 0.454 e. The average Bonchev–Trinajstić information content (AvgIpc) is 3.47. The van der Waals surface area contributed by atoms with Crippen LogP contribution in [0.4, 0.5) is 38.5 Å². The Morgan fingerprint density at radius 2 is 1.28 bits per heavy atom. The summed E-state index contributed by atoms with van der Waals surface area (Å²) in [5, 5.41) is 4.45. The van der Waals surface area contributed by atoms with E-state index in [1.165, 1.54) is 21.8 Å². The molecule has 0 atom stereocenters. The third kappa shape index (κ3) is 3.68. The summed E-state index contributed by atoms with van der Waals surface area (Å²) in [7, 11) is 0. The van der Waals surface area contributed by atoms with Crippen molar-refractivity contribution in [2.75, 3.05) is 9.80 Å². The Morgan fingerprint density at radius 3 is 2.09 bits per heavy atom. The number of aryl methyl sites for hydroxylation is 2. The molecule has 0 unspecified atom stereocenters. The molecule has 10 rings (SSSR count). The molecule has 0 fully saturated rings. The average molecular weight is 607 g/mol. The van der Waals surface area contributed by atoms with Crippen LogP contribution in [0.3, 0.4) is 0 Å². The van der Waals surface area contributed by atoms with Gasteiger partial charge in [0.15, 0.2) is 5.58 Å². The molecule has 0 spiro atoms. The molecule has 1 aromatic heterocycles. The molecule has 2 aliphatic rings. The smallest absolute Gasteiger partial charge is 0.252 e. The zero-order valence-corrected chi connectivity index (χ0v) is 26.0. The number of furan rings is 1. The van der Waals surface area contributed by atoms with Crippen molar-refractivity contribution in [3.8, 4) is 0 Å². The molecule has 0 amide bonds. The van der Waals surface area contributed by atoms with E-state index in [4.69, 9.17) is 4.42 Å². The van der Waals surface area contributed by atoms with Crippen LogP contribution in [0.25, 0.3) is 32.7 Å². The van der Waals surface area contributed by atoms with Gasteiger partial charge >= 0.3 is 0 Å². The first-order chi connectivity index (χ1) is 23.0.